The Balaban J connectivity index is 0.00000208. The number of nitrogens with zero attached hydrogens (tertiary/aromatic N) is 2. The van der Waals surface area contributed by atoms with Crippen LogP contribution in [0.15, 0.2) is 29.3 Å². The molecular formula is C19H31IN4. The number of fused-ring (bicyclic) bond motifs is 1. The van der Waals surface area contributed by atoms with Crippen LogP contribution < -0.4 is 10.6 Å². The number of halogens is 1. The Bertz CT molecular complexity index is 546. The highest BCUT2D eigenvalue weighted by molar-refractivity contribution is 14.0. The van der Waals surface area contributed by atoms with Crippen LogP contribution in [0.5, 0.6) is 0 Å². The second kappa shape index (κ2) is 9.61. The zero-order valence-electron chi connectivity index (χ0n) is 14.9. The summed E-state index contributed by atoms with van der Waals surface area (Å²) in [7, 11) is 0. The average Bonchev–Trinajstić information content (AvgIpc) is 3.01. The molecule has 2 unspecified atom stereocenters. The fourth-order valence-corrected chi connectivity index (χ4v) is 3.82. The molecule has 5 heteroatoms. The van der Waals surface area contributed by atoms with Crippen molar-refractivity contribution in [1.29, 1.82) is 0 Å². The monoisotopic (exact) mass is 442 g/mol. The molecule has 1 aliphatic carbocycles. The fraction of sp³-hybridized carbons (Fsp3) is 0.632. The van der Waals surface area contributed by atoms with E-state index < -0.39 is 0 Å². The summed E-state index contributed by atoms with van der Waals surface area (Å²) in [5.74, 6) is 1.61. The maximum Gasteiger partial charge on any atom is 0.191 e. The highest BCUT2D eigenvalue weighted by Crippen LogP contribution is 2.33. The lowest BCUT2D eigenvalue weighted by molar-refractivity contribution is 0.273. The van der Waals surface area contributed by atoms with E-state index in [0.717, 1.165) is 32.1 Å². The van der Waals surface area contributed by atoms with Gasteiger partial charge in [0.05, 0.1) is 6.54 Å². The van der Waals surface area contributed by atoms with Crippen LogP contribution >= 0.6 is 24.0 Å². The summed E-state index contributed by atoms with van der Waals surface area (Å²) < 4.78 is 0. The quantitative estimate of drug-likeness (QED) is 0.404. The molecule has 4 nitrogen and oxygen atoms in total. The minimum absolute atomic E-state index is 0. The fourth-order valence-electron chi connectivity index (χ4n) is 3.82. The lowest BCUT2D eigenvalue weighted by Gasteiger charge is -2.30. The molecule has 1 heterocycles. The standard InChI is InChI=1S/C19H30N4.HI/c1-3-20-19(22-14-17-9-7-11-23(17)4-2)21-13-16-12-15-8-5-6-10-18(15)16;/h5-6,8,10,16-17H,3-4,7,9,11-14H2,1-2H3,(H2,20,21,22);1H. The lowest BCUT2D eigenvalue weighted by Crippen LogP contribution is -2.42. The SMILES string of the molecule is CCNC(=NCC1CCCN1CC)NCC1Cc2ccccc21.I. The number of aliphatic imine (C=N–C) groups is 1. The third kappa shape index (κ3) is 4.63. The van der Waals surface area contributed by atoms with Crippen LogP contribution in [-0.2, 0) is 6.42 Å². The van der Waals surface area contributed by atoms with Gasteiger partial charge in [0.25, 0.3) is 0 Å². The molecule has 0 aromatic heterocycles. The minimum atomic E-state index is 0. The van der Waals surface area contributed by atoms with E-state index in [1.165, 1.54) is 36.9 Å². The van der Waals surface area contributed by atoms with Crippen molar-refractivity contribution in [2.75, 3.05) is 32.7 Å². The molecule has 3 rings (SSSR count). The number of likely N-dealkylation sites (N-methyl/N-ethyl adjacent to an activating group) is 1. The van der Waals surface area contributed by atoms with Crippen LogP contribution in [0.4, 0.5) is 0 Å². The van der Waals surface area contributed by atoms with Crippen LogP contribution in [0, 0.1) is 0 Å². The molecular weight excluding hydrogens is 411 g/mol. The van der Waals surface area contributed by atoms with Gasteiger partial charge < -0.3 is 10.6 Å². The molecule has 2 N–H and O–H groups in total. The highest BCUT2D eigenvalue weighted by atomic mass is 127. The Labute approximate surface area is 163 Å². The molecule has 2 aliphatic rings. The largest absolute Gasteiger partial charge is 0.357 e. The van der Waals surface area contributed by atoms with Crippen LogP contribution in [0.2, 0.25) is 0 Å². The van der Waals surface area contributed by atoms with Gasteiger partial charge in [-0.15, -0.1) is 24.0 Å². The third-order valence-corrected chi connectivity index (χ3v) is 5.19. The van der Waals surface area contributed by atoms with E-state index in [0.29, 0.717) is 12.0 Å². The Kier molecular flexibility index (Phi) is 7.81. The number of hydrogen-bond donors (Lipinski definition) is 2. The van der Waals surface area contributed by atoms with Gasteiger partial charge in [0.1, 0.15) is 0 Å². The summed E-state index contributed by atoms with van der Waals surface area (Å²) in [6.45, 7) is 9.55. The Morgan fingerprint density at radius 3 is 2.83 bits per heavy atom. The summed E-state index contributed by atoms with van der Waals surface area (Å²) >= 11 is 0. The molecule has 0 amide bonds. The minimum Gasteiger partial charge on any atom is -0.357 e. The topological polar surface area (TPSA) is 39.7 Å². The summed E-state index contributed by atoms with van der Waals surface area (Å²) in [6.07, 6.45) is 3.79. The third-order valence-electron chi connectivity index (χ3n) is 5.19. The molecule has 0 spiro atoms. The molecule has 1 aromatic carbocycles. The smallest absolute Gasteiger partial charge is 0.191 e. The van der Waals surface area contributed by atoms with Crippen LogP contribution in [0.25, 0.3) is 0 Å². The molecule has 1 saturated heterocycles. The van der Waals surface area contributed by atoms with E-state index in [1.807, 2.05) is 0 Å². The van der Waals surface area contributed by atoms with E-state index in [9.17, 15) is 0 Å². The van der Waals surface area contributed by atoms with Crippen molar-refractivity contribution < 1.29 is 0 Å². The predicted octanol–water partition coefficient (Wildman–Crippen LogP) is 2.98. The van der Waals surface area contributed by atoms with Crippen molar-refractivity contribution in [2.45, 2.75) is 45.1 Å². The first kappa shape index (κ1) is 19.5. The van der Waals surface area contributed by atoms with E-state index in [1.54, 1.807) is 0 Å². The van der Waals surface area contributed by atoms with Gasteiger partial charge in [-0.1, -0.05) is 31.2 Å². The van der Waals surface area contributed by atoms with E-state index >= 15 is 0 Å². The van der Waals surface area contributed by atoms with Crippen LogP contribution in [0.3, 0.4) is 0 Å². The lowest BCUT2D eigenvalue weighted by atomic mass is 9.78. The number of nitrogens with one attached hydrogen (secondary N) is 2. The van der Waals surface area contributed by atoms with E-state index in [4.69, 9.17) is 4.99 Å². The second-order valence-electron chi connectivity index (χ2n) is 6.63. The van der Waals surface area contributed by atoms with Gasteiger partial charge in [-0.3, -0.25) is 9.89 Å². The molecule has 1 fully saturated rings. The molecule has 24 heavy (non-hydrogen) atoms. The van der Waals surface area contributed by atoms with Gasteiger partial charge in [0.2, 0.25) is 0 Å². The number of guanidine groups is 1. The zero-order chi connectivity index (χ0) is 16.1. The molecule has 1 aromatic rings. The number of benzene rings is 1. The Morgan fingerprint density at radius 2 is 2.08 bits per heavy atom. The maximum atomic E-state index is 4.83. The predicted molar refractivity (Wildman–Crippen MR) is 113 cm³/mol. The number of hydrogen-bond acceptors (Lipinski definition) is 2. The first-order valence-electron chi connectivity index (χ1n) is 9.15. The second-order valence-corrected chi connectivity index (χ2v) is 6.63. The van der Waals surface area contributed by atoms with Crippen molar-refractivity contribution in [3.8, 4) is 0 Å². The van der Waals surface area contributed by atoms with Crippen molar-refractivity contribution >= 4 is 29.9 Å². The van der Waals surface area contributed by atoms with Crippen molar-refractivity contribution in [2.24, 2.45) is 4.99 Å². The summed E-state index contributed by atoms with van der Waals surface area (Å²) in [5.41, 5.74) is 3.01. The van der Waals surface area contributed by atoms with Gasteiger partial charge in [-0.2, -0.15) is 0 Å². The molecule has 134 valence electrons. The Morgan fingerprint density at radius 1 is 1.25 bits per heavy atom. The van der Waals surface area contributed by atoms with Crippen LogP contribution in [0.1, 0.15) is 43.7 Å². The first-order valence-corrected chi connectivity index (χ1v) is 9.15. The van der Waals surface area contributed by atoms with Gasteiger partial charge in [0.15, 0.2) is 5.96 Å². The van der Waals surface area contributed by atoms with Gasteiger partial charge in [-0.05, 0) is 50.4 Å². The molecule has 2 atom stereocenters. The summed E-state index contributed by atoms with van der Waals surface area (Å²) in [6, 6.07) is 9.40. The highest BCUT2D eigenvalue weighted by Gasteiger charge is 2.25. The van der Waals surface area contributed by atoms with Gasteiger partial charge in [-0.25, -0.2) is 0 Å². The normalized spacial score (nSPS) is 23.2. The molecule has 0 saturated carbocycles. The molecule has 0 radical (unpaired) electrons. The van der Waals surface area contributed by atoms with Crippen molar-refractivity contribution in [3.63, 3.8) is 0 Å². The molecule has 0 bridgehead atoms. The number of rotatable bonds is 6. The van der Waals surface area contributed by atoms with Crippen LogP contribution in [-0.4, -0.2) is 49.6 Å². The van der Waals surface area contributed by atoms with Crippen molar-refractivity contribution in [1.82, 2.24) is 15.5 Å². The maximum absolute atomic E-state index is 4.83. The molecule has 1 aliphatic heterocycles. The zero-order valence-corrected chi connectivity index (χ0v) is 17.3. The van der Waals surface area contributed by atoms with Gasteiger partial charge >= 0.3 is 0 Å². The first-order chi connectivity index (χ1) is 11.3. The summed E-state index contributed by atoms with van der Waals surface area (Å²) in [5, 5.41) is 6.93. The number of likely N-dealkylation sites (tertiary alicyclic amines) is 1. The van der Waals surface area contributed by atoms with Crippen molar-refractivity contribution in [3.05, 3.63) is 35.4 Å². The summed E-state index contributed by atoms with van der Waals surface area (Å²) in [4.78, 5) is 7.38. The van der Waals surface area contributed by atoms with Gasteiger partial charge in [0, 0.05) is 25.0 Å². The van der Waals surface area contributed by atoms with E-state index in [2.05, 4.69) is 53.6 Å². The Hall–Kier alpha value is -0.820. The van der Waals surface area contributed by atoms with E-state index in [-0.39, 0.29) is 24.0 Å². The average molecular weight is 442 g/mol.